The third-order valence-electron chi connectivity index (χ3n) is 3.30. The summed E-state index contributed by atoms with van der Waals surface area (Å²) in [6, 6.07) is 4.31. The van der Waals surface area contributed by atoms with E-state index in [1.165, 1.54) is 45.4 Å². The van der Waals surface area contributed by atoms with Crippen molar-refractivity contribution >= 4 is 16.9 Å². The number of ether oxygens (including phenoxy) is 2. The standard InChI is InChI=1S/C16H16O7/c1-8(15(19)22-3)6-12(18)10-7-9-4-5-11(17)14(21-2)13(9)23-16(10)20/h4-7,12,17-18H,1-3H3/b8-6+. The topological polar surface area (TPSA) is 106 Å². The number of rotatable bonds is 4. The monoisotopic (exact) mass is 320 g/mol. The molecule has 7 heteroatoms. The van der Waals surface area contributed by atoms with E-state index in [1.807, 2.05) is 0 Å². The minimum Gasteiger partial charge on any atom is -0.504 e. The van der Waals surface area contributed by atoms with Crippen LogP contribution in [0, 0.1) is 0 Å². The Labute approximate surface area is 131 Å². The number of aliphatic hydroxyl groups excluding tert-OH is 1. The van der Waals surface area contributed by atoms with Crippen molar-refractivity contribution in [3.63, 3.8) is 0 Å². The molecule has 122 valence electrons. The average Bonchev–Trinajstić information content (AvgIpc) is 2.53. The molecule has 2 N–H and O–H groups in total. The number of hydrogen-bond donors (Lipinski definition) is 2. The van der Waals surface area contributed by atoms with Crippen molar-refractivity contribution in [3.8, 4) is 11.5 Å². The SMILES string of the molecule is COC(=O)/C(C)=C/C(O)c1cc2ccc(O)c(OC)c2oc1=O. The summed E-state index contributed by atoms with van der Waals surface area (Å²) in [4.78, 5) is 23.4. The van der Waals surface area contributed by atoms with E-state index in [1.54, 1.807) is 0 Å². The normalized spacial score (nSPS) is 13.0. The summed E-state index contributed by atoms with van der Waals surface area (Å²) in [5.41, 5.74) is -0.624. The maximum Gasteiger partial charge on any atom is 0.342 e. The number of phenols is 1. The minimum atomic E-state index is -1.34. The van der Waals surface area contributed by atoms with Gasteiger partial charge in [0.15, 0.2) is 11.3 Å². The van der Waals surface area contributed by atoms with Crippen molar-refractivity contribution in [2.24, 2.45) is 0 Å². The number of phenolic OH excluding ortho intramolecular Hbond substituents is 1. The summed E-state index contributed by atoms with van der Waals surface area (Å²) in [6.07, 6.45) is -0.142. The van der Waals surface area contributed by atoms with Crippen LogP contribution < -0.4 is 10.4 Å². The zero-order chi connectivity index (χ0) is 17.1. The van der Waals surface area contributed by atoms with Gasteiger partial charge in [0, 0.05) is 11.0 Å². The molecule has 1 heterocycles. The van der Waals surface area contributed by atoms with Crippen molar-refractivity contribution in [2.45, 2.75) is 13.0 Å². The molecule has 0 aliphatic rings. The average molecular weight is 320 g/mol. The van der Waals surface area contributed by atoms with Crippen LogP contribution in [-0.4, -0.2) is 30.4 Å². The van der Waals surface area contributed by atoms with Crippen molar-refractivity contribution in [1.82, 2.24) is 0 Å². The molecule has 0 aliphatic carbocycles. The Morgan fingerprint density at radius 3 is 2.65 bits per heavy atom. The fourth-order valence-corrected chi connectivity index (χ4v) is 2.12. The lowest BCUT2D eigenvalue weighted by Gasteiger charge is -2.10. The predicted molar refractivity (Wildman–Crippen MR) is 81.4 cm³/mol. The van der Waals surface area contributed by atoms with Gasteiger partial charge in [0.25, 0.3) is 0 Å². The van der Waals surface area contributed by atoms with Crippen LogP contribution in [0.2, 0.25) is 0 Å². The third kappa shape index (κ3) is 3.19. The molecule has 0 saturated heterocycles. The Bertz CT molecular complexity index is 832. The van der Waals surface area contributed by atoms with E-state index < -0.39 is 17.7 Å². The maximum absolute atomic E-state index is 12.1. The summed E-state index contributed by atoms with van der Waals surface area (Å²) in [5.74, 6) is -0.749. The number of hydrogen-bond acceptors (Lipinski definition) is 7. The molecule has 0 fully saturated rings. The Morgan fingerprint density at radius 1 is 1.35 bits per heavy atom. The van der Waals surface area contributed by atoms with Crippen LogP contribution in [-0.2, 0) is 9.53 Å². The molecule has 0 bridgehead atoms. The highest BCUT2D eigenvalue weighted by Crippen LogP contribution is 2.34. The van der Waals surface area contributed by atoms with Crippen molar-refractivity contribution in [3.05, 3.63) is 45.8 Å². The first kappa shape index (κ1) is 16.6. The first-order valence-electron chi connectivity index (χ1n) is 6.67. The van der Waals surface area contributed by atoms with Crippen molar-refractivity contribution < 1.29 is 28.9 Å². The molecule has 0 radical (unpaired) electrons. The Balaban J connectivity index is 2.55. The fourth-order valence-electron chi connectivity index (χ4n) is 2.12. The highest BCUT2D eigenvalue weighted by Gasteiger charge is 2.18. The Hall–Kier alpha value is -2.80. The van der Waals surface area contributed by atoms with Gasteiger partial charge in [-0.3, -0.25) is 0 Å². The van der Waals surface area contributed by atoms with E-state index in [2.05, 4.69) is 4.74 Å². The summed E-state index contributed by atoms with van der Waals surface area (Å²) in [6.45, 7) is 1.46. The van der Waals surface area contributed by atoms with Gasteiger partial charge >= 0.3 is 11.6 Å². The zero-order valence-corrected chi connectivity index (χ0v) is 12.8. The molecule has 1 aromatic heterocycles. The molecule has 1 atom stereocenters. The van der Waals surface area contributed by atoms with Crippen molar-refractivity contribution in [1.29, 1.82) is 0 Å². The predicted octanol–water partition coefficient (Wildman–Crippen LogP) is 1.66. The van der Waals surface area contributed by atoms with Crippen LogP contribution in [0.1, 0.15) is 18.6 Å². The summed E-state index contributed by atoms with van der Waals surface area (Å²) >= 11 is 0. The number of methoxy groups -OCH3 is 2. The molecule has 1 unspecified atom stereocenters. The van der Waals surface area contributed by atoms with E-state index in [-0.39, 0.29) is 28.2 Å². The van der Waals surface area contributed by atoms with Gasteiger partial charge in [0.2, 0.25) is 5.75 Å². The van der Waals surface area contributed by atoms with Gasteiger partial charge in [-0.15, -0.1) is 0 Å². The first-order valence-corrected chi connectivity index (χ1v) is 6.67. The molecule has 2 aromatic rings. The number of aliphatic hydroxyl groups is 1. The highest BCUT2D eigenvalue weighted by atomic mass is 16.5. The largest absolute Gasteiger partial charge is 0.504 e. The van der Waals surface area contributed by atoms with E-state index in [0.717, 1.165) is 0 Å². The zero-order valence-electron chi connectivity index (χ0n) is 12.8. The molecule has 1 aromatic carbocycles. The molecule has 0 saturated carbocycles. The molecular weight excluding hydrogens is 304 g/mol. The Kier molecular flexibility index (Phi) is 4.71. The van der Waals surface area contributed by atoms with E-state index in [0.29, 0.717) is 5.39 Å². The summed E-state index contributed by atoms with van der Waals surface area (Å²) in [5, 5.41) is 20.3. The Morgan fingerprint density at radius 2 is 2.04 bits per heavy atom. The van der Waals surface area contributed by atoms with Crippen LogP contribution in [0.5, 0.6) is 11.5 Å². The molecule has 23 heavy (non-hydrogen) atoms. The smallest absolute Gasteiger partial charge is 0.342 e. The fraction of sp³-hybridized carbons (Fsp3) is 0.250. The lowest BCUT2D eigenvalue weighted by Crippen LogP contribution is -2.12. The number of carbonyl (C=O) groups is 1. The number of fused-ring (bicyclic) bond motifs is 1. The molecular formula is C16H16O7. The second kappa shape index (κ2) is 6.53. The van der Waals surface area contributed by atoms with Gasteiger partial charge in [-0.25, -0.2) is 9.59 Å². The van der Waals surface area contributed by atoms with Gasteiger partial charge < -0.3 is 24.1 Å². The molecule has 0 amide bonds. The number of carbonyl (C=O) groups excluding carboxylic acids is 1. The molecule has 0 aliphatic heterocycles. The van der Waals surface area contributed by atoms with Gasteiger partial charge in [0.1, 0.15) is 6.10 Å². The molecule has 7 nitrogen and oxygen atoms in total. The number of esters is 1. The summed E-state index contributed by atoms with van der Waals surface area (Å²) in [7, 11) is 2.55. The van der Waals surface area contributed by atoms with Crippen LogP contribution in [0.25, 0.3) is 11.0 Å². The van der Waals surface area contributed by atoms with Gasteiger partial charge in [0.05, 0.1) is 19.8 Å². The van der Waals surface area contributed by atoms with Crippen LogP contribution >= 0.6 is 0 Å². The van der Waals surface area contributed by atoms with E-state index >= 15 is 0 Å². The van der Waals surface area contributed by atoms with Crippen LogP contribution in [0.15, 0.2) is 39.1 Å². The second-order valence-corrected chi connectivity index (χ2v) is 4.81. The van der Waals surface area contributed by atoms with Gasteiger partial charge in [-0.1, -0.05) is 0 Å². The van der Waals surface area contributed by atoms with Crippen LogP contribution in [0.4, 0.5) is 0 Å². The van der Waals surface area contributed by atoms with Crippen LogP contribution in [0.3, 0.4) is 0 Å². The number of aromatic hydroxyl groups is 1. The lowest BCUT2D eigenvalue weighted by molar-refractivity contribution is -0.136. The minimum absolute atomic E-state index is 0.0296. The molecule has 0 spiro atoms. The maximum atomic E-state index is 12.1. The summed E-state index contributed by atoms with van der Waals surface area (Å²) < 4.78 is 14.7. The quantitative estimate of drug-likeness (QED) is 0.501. The van der Waals surface area contributed by atoms with Gasteiger partial charge in [-0.05, 0) is 31.2 Å². The number of benzene rings is 1. The highest BCUT2D eigenvalue weighted by molar-refractivity contribution is 5.88. The third-order valence-corrected chi connectivity index (χ3v) is 3.30. The van der Waals surface area contributed by atoms with Crippen molar-refractivity contribution in [2.75, 3.05) is 14.2 Å². The second-order valence-electron chi connectivity index (χ2n) is 4.81. The molecule has 2 rings (SSSR count). The van der Waals surface area contributed by atoms with E-state index in [9.17, 15) is 19.8 Å². The first-order chi connectivity index (χ1) is 10.9. The van der Waals surface area contributed by atoms with Gasteiger partial charge in [-0.2, -0.15) is 0 Å². The van der Waals surface area contributed by atoms with E-state index in [4.69, 9.17) is 9.15 Å². The lowest BCUT2D eigenvalue weighted by atomic mass is 10.1.